The highest BCUT2D eigenvalue weighted by Gasteiger charge is 2.43. The van der Waals surface area contributed by atoms with Gasteiger partial charge in [0.05, 0.1) is 17.3 Å². The van der Waals surface area contributed by atoms with Crippen molar-refractivity contribution in [3.05, 3.63) is 18.0 Å². The fraction of sp³-hybridized carbons (Fsp3) is 0.800. The maximum Gasteiger partial charge on any atom is 0.0918 e. The second-order valence-corrected chi connectivity index (χ2v) is 6.03. The van der Waals surface area contributed by atoms with Crippen LogP contribution in [0.4, 0.5) is 0 Å². The summed E-state index contributed by atoms with van der Waals surface area (Å²) in [5.74, 6) is 6.66. The van der Waals surface area contributed by atoms with Gasteiger partial charge in [0.15, 0.2) is 0 Å². The molecule has 114 valence electrons. The minimum atomic E-state index is -0.215. The minimum Gasteiger partial charge on any atom is -0.376 e. The maximum atomic E-state index is 5.95. The summed E-state index contributed by atoms with van der Waals surface area (Å²) in [4.78, 5) is 0. The van der Waals surface area contributed by atoms with Crippen molar-refractivity contribution in [3.63, 3.8) is 0 Å². The van der Waals surface area contributed by atoms with Crippen LogP contribution in [0.25, 0.3) is 0 Å². The number of hydrogen-bond donors (Lipinski definition) is 2. The van der Waals surface area contributed by atoms with Crippen LogP contribution in [0, 0.1) is 5.92 Å². The Kier molecular flexibility index (Phi) is 5.18. The van der Waals surface area contributed by atoms with E-state index in [4.69, 9.17) is 10.6 Å². The van der Waals surface area contributed by atoms with Gasteiger partial charge in [0, 0.05) is 19.9 Å². The van der Waals surface area contributed by atoms with Crippen LogP contribution in [0.2, 0.25) is 0 Å². The normalized spacial score (nSPS) is 28.5. The van der Waals surface area contributed by atoms with E-state index in [9.17, 15) is 0 Å². The van der Waals surface area contributed by atoms with E-state index in [-0.39, 0.29) is 11.6 Å². The van der Waals surface area contributed by atoms with Crippen LogP contribution in [0.1, 0.15) is 57.7 Å². The van der Waals surface area contributed by atoms with E-state index in [1.165, 1.54) is 12.8 Å². The van der Waals surface area contributed by atoms with Gasteiger partial charge < -0.3 is 4.74 Å². The van der Waals surface area contributed by atoms with Gasteiger partial charge in [-0.3, -0.25) is 10.5 Å². The van der Waals surface area contributed by atoms with Crippen LogP contribution in [0.5, 0.6) is 0 Å². The van der Waals surface area contributed by atoms with Gasteiger partial charge in [-0.1, -0.05) is 13.8 Å². The summed E-state index contributed by atoms with van der Waals surface area (Å²) in [7, 11) is 1.81. The topological polar surface area (TPSA) is 65.1 Å². The van der Waals surface area contributed by atoms with E-state index in [1.54, 1.807) is 7.11 Å². The molecular formula is C15H28N4O. The summed E-state index contributed by atoms with van der Waals surface area (Å²) in [5, 5.41) is 4.42. The Bertz CT molecular complexity index is 410. The Balaban J connectivity index is 2.27. The number of aryl methyl sites for hydroxylation is 1. The molecular weight excluding hydrogens is 252 g/mol. The summed E-state index contributed by atoms with van der Waals surface area (Å²) in [5.41, 5.74) is 3.91. The van der Waals surface area contributed by atoms with Crippen molar-refractivity contribution in [1.29, 1.82) is 0 Å². The third-order valence-electron chi connectivity index (χ3n) is 4.70. The molecule has 0 aliphatic heterocycles. The molecule has 1 unspecified atom stereocenters. The van der Waals surface area contributed by atoms with Crippen molar-refractivity contribution in [2.75, 3.05) is 7.11 Å². The van der Waals surface area contributed by atoms with E-state index in [0.29, 0.717) is 0 Å². The quantitative estimate of drug-likeness (QED) is 0.620. The molecule has 5 heteroatoms. The van der Waals surface area contributed by atoms with Crippen LogP contribution >= 0.6 is 0 Å². The lowest BCUT2D eigenvalue weighted by Gasteiger charge is -2.43. The van der Waals surface area contributed by atoms with Crippen LogP contribution in [-0.2, 0) is 11.3 Å². The summed E-state index contributed by atoms with van der Waals surface area (Å²) < 4.78 is 8.00. The van der Waals surface area contributed by atoms with Gasteiger partial charge in [0.25, 0.3) is 0 Å². The van der Waals surface area contributed by atoms with Gasteiger partial charge in [-0.2, -0.15) is 5.10 Å². The summed E-state index contributed by atoms with van der Waals surface area (Å²) in [6, 6.07) is 2.05. The first kappa shape index (κ1) is 15.5. The van der Waals surface area contributed by atoms with E-state index in [2.05, 4.69) is 30.4 Å². The van der Waals surface area contributed by atoms with Crippen molar-refractivity contribution in [2.45, 2.75) is 64.1 Å². The molecule has 1 fully saturated rings. The van der Waals surface area contributed by atoms with Crippen LogP contribution < -0.4 is 11.3 Å². The zero-order valence-electron chi connectivity index (χ0n) is 12.9. The first-order chi connectivity index (χ1) is 9.66. The lowest BCUT2D eigenvalue weighted by molar-refractivity contribution is -0.0780. The third kappa shape index (κ3) is 2.90. The number of rotatable bonds is 6. The molecule has 1 aliphatic carbocycles. The monoisotopic (exact) mass is 280 g/mol. The molecule has 1 heterocycles. The van der Waals surface area contributed by atoms with Crippen LogP contribution in [0.3, 0.4) is 0 Å². The number of hydrazine groups is 1. The molecule has 20 heavy (non-hydrogen) atoms. The van der Waals surface area contributed by atoms with Crippen molar-refractivity contribution in [2.24, 2.45) is 11.8 Å². The van der Waals surface area contributed by atoms with Gasteiger partial charge in [-0.25, -0.2) is 5.43 Å². The van der Waals surface area contributed by atoms with Gasteiger partial charge in [-0.05, 0) is 44.1 Å². The second kappa shape index (κ2) is 6.70. The minimum absolute atomic E-state index is 0.00551. The Hall–Kier alpha value is -0.910. The first-order valence-electron chi connectivity index (χ1n) is 7.70. The van der Waals surface area contributed by atoms with Crippen molar-refractivity contribution < 1.29 is 4.74 Å². The molecule has 0 bridgehead atoms. The number of aromatic nitrogens is 2. The Labute approximate surface area is 121 Å². The predicted octanol–water partition coefficient (Wildman–Crippen LogP) is 2.39. The van der Waals surface area contributed by atoms with Crippen molar-refractivity contribution >= 4 is 0 Å². The third-order valence-corrected chi connectivity index (χ3v) is 4.70. The number of nitrogens with one attached hydrogen (secondary N) is 1. The van der Waals surface area contributed by atoms with E-state index >= 15 is 0 Å². The molecule has 0 saturated heterocycles. The largest absolute Gasteiger partial charge is 0.376 e. The molecule has 1 aromatic heterocycles. The van der Waals surface area contributed by atoms with Crippen LogP contribution in [-0.4, -0.2) is 22.5 Å². The van der Waals surface area contributed by atoms with E-state index in [0.717, 1.165) is 37.4 Å². The number of nitrogens with zero attached hydrogens (tertiary/aromatic N) is 2. The fourth-order valence-electron chi connectivity index (χ4n) is 3.35. The average molecular weight is 280 g/mol. The maximum absolute atomic E-state index is 5.95. The molecule has 1 aliphatic rings. The molecule has 1 atom stereocenters. The van der Waals surface area contributed by atoms with Gasteiger partial charge in [-0.15, -0.1) is 0 Å². The SMILES string of the molecule is CCCn1nccc1C(NN)C1(OC)CCC(C)CC1. The molecule has 0 spiro atoms. The lowest BCUT2D eigenvalue weighted by Crippen LogP contribution is -2.50. The van der Waals surface area contributed by atoms with Crippen molar-refractivity contribution in [3.8, 4) is 0 Å². The zero-order chi connectivity index (χ0) is 14.6. The van der Waals surface area contributed by atoms with E-state index < -0.39 is 0 Å². The Morgan fingerprint density at radius 3 is 2.80 bits per heavy atom. The fourth-order valence-corrected chi connectivity index (χ4v) is 3.35. The Morgan fingerprint density at radius 1 is 1.55 bits per heavy atom. The van der Waals surface area contributed by atoms with Crippen LogP contribution in [0.15, 0.2) is 12.3 Å². The van der Waals surface area contributed by atoms with Crippen molar-refractivity contribution in [1.82, 2.24) is 15.2 Å². The smallest absolute Gasteiger partial charge is 0.0918 e. The Morgan fingerprint density at radius 2 is 2.25 bits per heavy atom. The molecule has 2 rings (SSSR count). The molecule has 1 saturated carbocycles. The molecule has 0 radical (unpaired) electrons. The predicted molar refractivity (Wildman–Crippen MR) is 80.0 cm³/mol. The summed E-state index contributed by atoms with van der Waals surface area (Å²) >= 11 is 0. The second-order valence-electron chi connectivity index (χ2n) is 6.03. The zero-order valence-corrected chi connectivity index (χ0v) is 12.9. The highest BCUT2D eigenvalue weighted by Crippen LogP contribution is 2.42. The number of ether oxygens (including phenoxy) is 1. The highest BCUT2D eigenvalue weighted by atomic mass is 16.5. The highest BCUT2D eigenvalue weighted by molar-refractivity contribution is 5.14. The standard InChI is InChI=1S/C15H28N4O/c1-4-11-19-13(7-10-17-19)14(18-16)15(20-3)8-5-12(2)6-9-15/h7,10,12,14,18H,4-6,8-9,11,16H2,1-3H3. The number of methoxy groups -OCH3 is 1. The molecule has 0 amide bonds. The number of hydrogen-bond acceptors (Lipinski definition) is 4. The molecule has 1 aromatic rings. The van der Waals surface area contributed by atoms with E-state index in [1.807, 2.05) is 10.9 Å². The van der Waals surface area contributed by atoms with Gasteiger partial charge >= 0.3 is 0 Å². The average Bonchev–Trinajstić information content (AvgIpc) is 2.91. The number of nitrogens with two attached hydrogens (primary N) is 1. The van der Waals surface area contributed by atoms with Gasteiger partial charge in [0.2, 0.25) is 0 Å². The summed E-state index contributed by atoms with van der Waals surface area (Å²) in [6.07, 6.45) is 7.36. The molecule has 0 aromatic carbocycles. The summed E-state index contributed by atoms with van der Waals surface area (Å²) in [6.45, 7) is 5.38. The lowest BCUT2D eigenvalue weighted by atomic mass is 9.74. The van der Waals surface area contributed by atoms with Gasteiger partial charge in [0.1, 0.15) is 0 Å². The first-order valence-corrected chi connectivity index (χ1v) is 7.70. The molecule has 5 nitrogen and oxygen atoms in total. The molecule has 3 N–H and O–H groups in total.